The van der Waals surface area contributed by atoms with Gasteiger partial charge in [0.25, 0.3) is 5.91 Å². The Bertz CT molecular complexity index is 1090. The average molecular weight is 432 g/mol. The maximum Gasteiger partial charge on any atom is 0.337 e. The van der Waals surface area contributed by atoms with Gasteiger partial charge < -0.3 is 19.9 Å². The number of hydrogen-bond acceptors (Lipinski definition) is 5. The lowest BCUT2D eigenvalue weighted by atomic mass is 10.1. The number of nitrogens with one attached hydrogen (secondary N) is 1. The number of hydrogen-bond donors (Lipinski definition) is 2. The molecule has 0 saturated heterocycles. The molecule has 2 N–H and O–H groups in total. The van der Waals surface area contributed by atoms with Crippen LogP contribution in [-0.4, -0.2) is 28.1 Å². The molecule has 1 aromatic heterocycles. The molecule has 1 heterocycles. The molecule has 0 radical (unpaired) electrons. The average Bonchev–Trinajstić information content (AvgIpc) is 2.81. The third kappa shape index (κ3) is 6.89. The first-order valence-corrected chi connectivity index (χ1v) is 9.96. The lowest BCUT2D eigenvalue weighted by Crippen LogP contribution is -2.14. The number of amides is 1. The molecule has 1 unspecified atom stereocenters. The second kappa shape index (κ2) is 11.8. The number of carboxylic acids is 1. The minimum atomic E-state index is -1.10. The van der Waals surface area contributed by atoms with Crippen molar-refractivity contribution in [2.45, 2.75) is 26.9 Å². The van der Waals surface area contributed by atoms with Gasteiger partial charge in [-0.3, -0.25) is 4.79 Å². The fraction of sp³-hybridized carbons (Fsp3) is 0.160. The summed E-state index contributed by atoms with van der Waals surface area (Å²) in [5.74, 6) is 2.45. The molecular formula is C25H24N2O5. The van der Waals surface area contributed by atoms with E-state index in [1.54, 1.807) is 31.2 Å². The molecule has 2 aromatic carbocycles. The highest BCUT2D eigenvalue weighted by Crippen LogP contribution is 2.28. The fourth-order valence-corrected chi connectivity index (χ4v) is 2.48. The number of ether oxygens (including phenoxy) is 2. The van der Waals surface area contributed by atoms with E-state index < -0.39 is 18.0 Å². The maximum atomic E-state index is 12.7. The minimum Gasteiger partial charge on any atom is -0.478 e. The molecule has 7 heteroatoms. The summed E-state index contributed by atoms with van der Waals surface area (Å²) in [6.45, 7) is 5.71. The first-order chi connectivity index (χ1) is 15.4. The molecule has 1 atom stereocenters. The zero-order chi connectivity index (χ0) is 23.5. The minimum absolute atomic E-state index is 0.0187. The number of anilines is 1. The number of carboxylic acid groups (broad SMARTS) is 1. The summed E-state index contributed by atoms with van der Waals surface area (Å²) in [4.78, 5) is 27.6. The molecule has 164 valence electrons. The number of rotatable bonds is 7. The number of benzene rings is 2. The van der Waals surface area contributed by atoms with Gasteiger partial charge in [-0.15, -0.1) is 6.42 Å². The van der Waals surface area contributed by atoms with Gasteiger partial charge in [0.1, 0.15) is 23.1 Å². The van der Waals surface area contributed by atoms with Crippen LogP contribution in [0.15, 0.2) is 66.9 Å². The highest BCUT2D eigenvalue weighted by Gasteiger charge is 2.14. The number of nitrogens with zero attached hydrogens (tertiary/aromatic N) is 1. The Labute approximate surface area is 187 Å². The normalized spacial score (nSPS) is 10.6. The lowest BCUT2D eigenvalue weighted by Gasteiger charge is -2.14. The number of para-hydroxylation sites is 1. The van der Waals surface area contributed by atoms with E-state index in [-0.39, 0.29) is 16.9 Å². The van der Waals surface area contributed by atoms with Crippen molar-refractivity contribution in [2.24, 2.45) is 0 Å². The van der Waals surface area contributed by atoms with Crippen molar-refractivity contribution in [3.63, 3.8) is 0 Å². The summed E-state index contributed by atoms with van der Waals surface area (Å²) in [7, 11) is 0. The van der Waals surface area contributed by atoms with Gasteiger partial charge in [-0.25, -0.2) is 9.78 Å². The third-order valence-corrected chi connectivity index (χ3v) is 3.92. The van der Waals surface area contributed by atoms with E-state index in [1.165, 1.54) is 18.2 Å². The second-order valence-corrected chi connectivity index (χ2v) is 6.23. The number of carbonyl (C=O) groups excluding carboxylic acids is 1. The van der Waals surface area contributed by atoms with Gasteiger partial charge in [0.2, 0.25) is 0 Å². The van der Waals surface area contributed by atoms with Crippen LogP contribution in [0.3, 0.4) is 0 Å². The molecule has 0 aliphatic rings. The van der Waals surface area contributed by atoms with Gasteiger partial charge in [0, 0.05) is 17.8 Å². The Morgan fingerprint density at radius 2 is 1.69 bits per heavy atom. The van der Waals surface area contributed by atoms with Crippen molar-refractivity contribution in [2.75, 3.05) is 5.32 Å². The Kier molecular flexibility index (Phi) is 8.81. The standard InChI is InChI=1S/C23H18N2O5.C2H6/c1-3-15(2)29-19-11-17(12-20(13-19)30-18-7-5-4-6-8-18)22(26)25-21-10-9-16(14-24-21)23(27)28;1-2/h1,4-15H,2H3,(H,27,28)(H,24,25,26);1-2H3. The topological polar surface area (TPSA) is 97.8 Å². The summed E-state index contributed by atoms with van der Waals surface area (Å²) in [6, 6.07) is 16.6. The fourth-order valence-electron chi connectivity index (χ4n) is 2.48. The molecule has 3 rings (SSSR count). The number of terminal acetylenes is 1. The van der Waals surface area contributed by atoms with Gasteiger partial charge in [-0.2, -0.15) is 0 Å². The largest absolute Gasteiger partial charge is 0.478 e. The van der Waals surface area contributed by atoms with Crippen molar-refractivity contribution < 1.29 is 24.2 Å². The molecule has 0 saturated carbocycles. The number of pyridine rings is 1. The monoisotopic (exact) mass is 432 g/mol. The maximum absolute atomic E-state index is 12.7. The van der Waals surface area contributed by atoms with Crippen molar-refractivity contribution in [1.82, 2.24) is 4.98 Å². The van der Waals surface area contributed by atoms with Crippen LogP contribution in [0.4, 0.5) is 5.82 Å². The first kappa shape index (κ1) is 24.0. The Hall–Kier alpha value is -4.31. The van der Waals surface area contributed by atoms with E-state index in [2.05, 4.69) is 16.2 Å². The number of carbonyl (C=O) groups is 2. The molecule has 0 bridgehead atoms. The van der Waals surface area contributed by atoms with Crippen molar-refractivity contribution in [3.8, 4) is 29.6 Å². The van der Waals surface area contributed by atoms with Crippen molar-refractivity contribution >= 4 is 17.7 Å². The van der Waals surface area contributed by atoms with Crippen LogP contribution >= 0.6 is 0 Å². The van der Waals surface area contributed by atoms with Crippen LogP contribution < -0.4 is 14.8 Å². The van der Waals surface area contributed by atoms with Crippen LogP contribution in [-0.2, 0) is 0 Å². The number of aromatic carboxylic acids is 1. The SMILES string of the molecule is C#CC(C)Oc1cc(Oc2ccccc2)cc(C(=O)Nc2ccc(C(=O)O)cn2)c1.CC. The first-order valence-electron chi connectivity index (χ1n) is 9.96. The van der Waals surface area contributed by atoms with Crippen LogP contribution in [0.2, 0.25) is 0 Å². The summed E-state index contributed by atoms with van der Waals surface area (Å²) >= 11 is 0. The molecule has 3 aromatic rings. The predicted octanol–water partition coefficient (Wildman–Crippen LogP) is 5.25. The summed E-state index contributed by atoms with van der Waals surface area (Å²) in [5, 5.41) is 11.6. The smallest absolute Gasteiger partial charge is 0.337 e. The van der Waals surface area contributed by atoms with E-state index in [1.807, 2.05) is 32.0 Å². The van der Waals surface area contributed by atoms with E-state index in [0.29, 0.717) is 17.2 Å². The zero-order valence-electron chi connectivity index (χ0n) is 18.0. The molecule has 7 nitrogen and oxygen atoms in total. The van der Waals surface area contributed by atoms with Gasteiger partial charge in [0.05, 0.1) is 5.56 Å². The van der Waals surface area contributed by atoms with Gasteiger partial charge in [-0.05, 0) is 43.3 Å². The van der Waals surface area contributed by atoms with E-state index >= 15 is 0 Å². The van der Waals surface area contributed by atoms with Gasteiger partial charge in [-0.1, -0.05) is 38.0 Å². The summed E-state index contributed by atoms with van der Waals surface area (Å²) in [5.41, 5.74) is 0.275. The van der Waals surface area contributed by atoms with Crippen LogP contribution in [0, 0.1) is 12.3 Å². The molecule has 32 heavy (non-hydrogen) atoms. The summed E-state index contributed by atoms with van der Waals surface area (Å²) in [6.07, 6.45) is 6.04. The molecule has 1 amide bonds. The summed E-state index contributed by atoms with van der Waals surface area (Å²) < 4.78 is 11.5. The molecule has 0 spiro atoms. The van der Waals surface area contributed by atoms with Crippen molar-refractivity contribution in [1.29, 1.82) is 0 Å². The van der Waals surface area contributed by atoms with Crippen LogP contribution in [0.5, 0.6) is 17.2 Å². The highest BCUT2D eigenvalue weighted by atomic mass is 16.5. The molecule has 0 aliphatic carbocycles. The number of aromatic nitrogens is 1. The van der Waals surface area contributed by atoms with E-state index in [9.17, 15) is 9.59 Å². The molecular weight excluding hydrogens is 408 g/mol. The Morgan fingerprint density at radius 3 is 2.28 bits per heavy atom. The van der Waals surface area contributed by atoms with Crippen molar-refractivity contribution in [3.05, 3.63) is 78.0 Å². The van der Waals surface area contributed by atoms with Gasteiger partial charge in [0.15, 0.2) is 6.10 Å². The van der Waals surface area contributed by atoms with E-state index in [4.69, 9.17) is 21.0 Å². The van der Waals surface area contributed by atoms with Gasteiger partial charge >= 0.3 is 5.97 Å². The molecule has 0 fully saturated rings. The predicted molar refractivity (Wildman–Crippen MR) is 122 cm³/mol. The Balaban J connectivity index is 0.00000176. The second-order valence-electron chi connectivity index (χ2n) is 6.23. The van der Waals surface area contributed by atoms with Crippen LogP contribution in [0.25, 0.3) is 0 Å². The quantitative estimate of drug-likeness (QED) is 0.495. The third-order valence-electron chi connectivity index (χ3n) is 3.92. The molecule has 0 aliphatic heterocycles. The zero-order valence-corrected chi connectivity index (χ0v) is 18.0. The Morgan fingerprint density at radius 1 is 1.00 bits per heavy atom. The van der Waals surface area contributed by atoms with Crippen LogP contribution in [0.1, 0.15) is 41.5 Å². The highest BCUT2D eigenvalue weighted by molar-refractivity contribution is 6.04. The van der Waals surface area contributed by atoms with E-state index in [0.717, 1.165) is 6.20 Å². The lowest BCUT2D eigenvalue weighted by molar-refractivity contribution is 0.0696.